The fraction of sp³-hybridized carbons (Fsp3) is 0.600. The predicted molar refractivity (Wildman–Crippen MR) is 67.4 cm³/mol. The van der Waals surface area contributed by atoms with Crippen LogP contribution in [0.5, 0.6) is 0 Å². The molecule has 3 unspecified atom stereocenters. The maximum Gasteiger partial charge on any atom is 0.230 e. The van der Waals surface area contributed by atoms with Gasteiger partial charge in [-0.1, -0.05) is 50.1 Å². The van der Waals surface area contributed by atoms with E-state index in [0.717, 1.165) is 24.8 Å². The molecule has 98 valence electrons. The molecule has 1 aromatic carbocycles. The van der Waals surface area contributed by atoms with E-state index in [1.165, 1.54) is 12.8 Å². The summed E-state index contributed by atoms with van der Waals surface area (Å²) in [5, 5.41) is 0. The van der Waals surface area contributed by atoms with Crippen LogP contribution in [0.3, 0.4) is 0 Å². The Kier molecular flexibility index (Phi) is 3.37. The Labute approximate surface area is 108 Å². The molecule has 2 bridgehead atoms. The molecule has 2 fully saturated rings. The Balaban J connectivity index is 1.73. The van der Waals surface area contributed by atoms with E-state index in [4.69, 9.17) is 14.5 Å². The molecule has 2 heterocycles. The van der Waals surface area contributed by atoms with Gasteiger partial charge in [0.2, 0.25) is 5.79 Å². The summed E-state index contributed by atoms with van der Waals surface area (Å²) in [7, 11) is 0. The molecule has 0 saturated carbocycles. The number of benzene rings is 1. The molecule has 18 heavy (non-hydrogen) atoms. The molecule has 0 amide bonds. The SMILES string of the molecule is CCCCC1CCC2(c3ccccc3)OOC1O2. The summed E-state index contributed by atoms with van der Waals surface area (Å²) < 4.78 is 6.04. The average Bonchev–Trinajstić information content (AvgIpc) is 2.79. The summed E-state index contributed by atoms with van der Waals surface area (Å²) in [6, 6.07) is 10.1. The quantitative estimate of drug-likeness (QED) is 0.760. The molecule has 3 heteroatoms. The van der Waals surface area contributed by atoms with E-state index in [2.05, 4.69) is 6.92 Å². The molecule has 3 atom stereocenters. The first-order valence-corrected chi connectivity index (χ1v) is 6.92. The highest BCUT2D eigenvalue weighted by atomic mass is 17.3. The molecule has 0 N–H and O–H groups in total. The highest BCUT2D eigenvalue weighted by molar-refractivity contribution is 5.21. The standard InChI is InChI=1S/C15H20O3/c1-2-3-7-12-10-11-15(16-14(12)17-18-15)13-8-5-4-6-9-13/h4-6,8-9,12,14H,2-3,7,10-11H2,1H3. The van der Waals surface area contributed by atoms with Gasteiger partial charge in [-0.25, -0.2) is 4.89 Å². The zero-order valence-electron chi connectivity index (χ0n) is 10.8. The molecule has 0 aliphatic carbocycles. The smallest absolute Gasteiger partial charge is 0.230 e. The molecule has 2 aliphatic rings. The molecule has 2 saturated heterocycles. The first-order chi connectivity index (χ1) is 8.84. The van der Waals surface area contributed by atoms with Crippen molar-refractivity contribution >= 4 is 0 Å². The number of hydrogen-bond acceptors (Lipinski definition) is 3. The van der Waals surface area contributed by atoms with Crippen LogP contribution in [0.25, 0.3) is 0 Å². The van der Waals surface area contributed by atoms with Crippen molar-refractivity contribution in [2.45, 2.75) is 51.1 Å². The molecule has 3 nitrogen and oxygen atoms in total. The van der Waals surface area contributed by atoms with Crippen LogP contribution in [0.1, 0.15) is 44.6 Å². The number of ether oxygens (including phenoxy) is 1. The van der Waals surface area contributed by atoms with E-state index in [-0.39, 0.29) is 6.29 Å². The highest BCUT2D eigenvalue weighted by Gasteiger charge is 2.51. The van der Waals surface area contributed by atoms with E-state index in [1.54, 1.807) is 0 Å². The third kappa shape index (κ3) is 2.07. The molecule has 1 aromatic rings. The van der Waals surface area contributed by atoms with Crippen LogP contribution >= 0.6 is 0 Å². The lowest BCUT2D eigenvalue weighted by Crippen LogP contribution is -2.36. The minimum atomic E-state index is -0.658. The van der Waals surface area contributed by atoms with Crippen LogP contribution in [0.2, 0.25) is 0 Å². The fourth-order valence-electron chi connectivity index (χ4n) is 2.84. The fourth-order valence-corrected chi connectivity index (χ4v) is 2.84. The summed E-state index contributed by atoms with van der Waals surface area (Å²) >= 11 is 0. The summed E-state index contributed by atoms with van der Waals surface area (Å²) in [5.74, 6) is -0.182. The zero-order chi connectivity index (χ0) is 12.4. The lowest BCUT2D eigenvalue weighted by Gasteiger charge is -2.32. The van der Waals surface area contributed by atoms with Crippen molar-refractivity contribution in [3.05, 3.63) is 35.9 Å². The molecular formula is C15H20O3. The van der Waals surface area contributed by atoms with Gasteiger partial charge in [-0.15, -0.1) is 0 Å². The summed E-state index contributed by atoms with van der Waals surface area (Å²) in [5.41, 5.74) is 1.06. The van der Waals surface area contributed by atoms with Crippen molar-refractivity contribution in [3.8, 4) is 0 Å². The Morgan fingerprint density at radius 3 is 2.89 bits per heavy atom. The van der Waals surface area contributed by atoms with E-state index in [9.17, 15) is 0 Å². The van der Waals surface area contributed by atoms with Gasteiger partial charge < -0.3 is 4.74 Å². The summed E-state index contributed by atoms with van der Waals surface area (Å²) in [4.78, 5) is 11.0. The molecule has 3 rings (SSSR count). The predicted octanol–water partition coefficient (Wildman–Crippen LogP) is 3.74. The first-order valence-electron chi connectivity index (χ1n) is 6.92. The lowest BCUT2D eigenvalue weighted by molar-refractivity contribution is -0.333. The first kappa shape index (κ1) is 12.2. The third-order valence-corrected chi connectivity index (χ3v) is 3.96. The second kappa shape index (κ2) is 5.00. The molecule has 0 spiro atoms. The topological polar surface area (TPSA) is 27.7 Å². The molecular weight excluding hydrogens is 228 g/mol. The largest absolute Gasteiger partial charge is 0.311 e. The van der Waals surface area contributed by atoms with Crippen LogP contribution in [0.15, 0.2) is 30.3 Å². The van der Waals surface area contributed by atoms with Crippen LogP contribution < -0.4 is 0 Å². The maximum atomic E-state index is 6.04. The van der Waals surface area contributed by atoms with Crippen molar-refractivity contribution in [2.24, 2.45) is 5.92 Å². The van der Waals surface area contributed by atoms with Gasteiger partial charge in [-0.2, -0.15) is 4.89 Å². The molecule has 2 aliphatic heterocycles. The number of unbranched alkanes of at least 4 members (excludes halogenated alkanes) is 1. The Morgan fingerprint density at radius 2 is 2.11 bits per heavy atom. The summed E-state index contributed by atoms with van der Waals surface area (Å²) in [6.07, 6.45) is 5.40. The minimum absolute atomic E-state index is 0.189. The monoisotopic (exact) mass is 248 g/mol. The van der Waals surface area contributed by atoms with Gasteiger partial charge in [-0.05, 0) is 12.8 Å². The van der Waals surface area contributed by atoms with Crippen molar-refractivity contribution < 1.29 is 14.5 Å². The van der Waals surface area contributed by atoms with Crippen molar-refractivity contribution in [1.82, 2.24) is 0 Å². The van der Waals surface area contributed by atoms with E-state index in [1.807, 2.05) is 30.3 Å². The second-order valence-corrected chi connectivity index (χ2v) is 5.23. The van der Waals surface area contributed by atoms with Gasteiger partial charge in [0, 0.05) is 17.9 Å². The Bertz CT molecular complexity index is 392. The normalized spacial score (nSPS) is 34.7. The lowest BCUT2D eigenvalue weighted by atomic mass is 9.88. The molecule has 0 aromatic heterocycles. The zero-order valence-corrected chi connectivity index (χ0v) is 10.8. The number of rotatable bonds is 4. The van der Waals surface area contributed by atoms with Crippen LogP contribution in [0.4, 0.5) is 0 Å². The van der Waals surface area contributed by atoms with Crippen LogP contribution in [-0.4, -0.2) is 6.29 Å². The van der Waals surface area contributed by atoms with Crippen molar-refractivity contribution in [2.75, 3.05) is 0 Å². The number of hydrogen-bond donors (Lipinski definition) is 0. The van der Waals surface area contributed by atoms with Crippen molar-refractivity contribution in [3.63, 3.8) is 0 Å². The van der Waals surface area contributed by atoms with Gasteiger partial charge in [0.1, 0.15) is 0 Å². The summed E-state index contributed by atoms with van der Waals surface area (Å²) in [6.45, 7) is 2.21. The van der Waals surface area contributed by atoms with Gasteiger partial charge in [0.05, 0.1) is 0 Å². The van der Waals surface area contributed by atoms with Crippen LogP contribution in [-0.2, 0) is 20.3 Å². The van der Waals surface area contributed by atoms with E-state index in [0.29, 0.717) is 5.92 Å². The Hall–Kier alpha value is -0.900. The van der Waals surface area contributed by atoms with E-state index >= 15 is 0 Å². The average molecular weight is 248 g/mol. The van der Waals surface area contributed by atoms with Gasteiger partial charge in [0.15, 0.2) is 6.29 Å². The van der Waals surface area contributed by atoms with Gasteiger partial charge >= 0.3 is 0 Å². The second-order valence-electron chi connectivity index (χ2n) is 5.23. The highest BCUT2D eigenvalue weighted by Crippen LogP contribution is 2.47. The van der Waals surface area contributed by atoms with Crippen molar-refractivity contribution in [1.29, 1.82) is 0 Å². The minimum Gasteiger partial charge on any atom is -0.311 e. The van der Waals surface area contributed by atoms with Gasteiger partial charge in [-0.3, -0.25) is 0 Å². The molecule has 0 radical (unpaired) electrons. The Morgan fingerprint density at radius 1 is 1.28 bits per heavy atom. The third-order valence-electron chi connectivity index (χ3n) is 3.96. The van der Waals surface area contributed by atoms with Crippen LogP contribution in [0, 0.1) is 5.92 Å². The van der Waals surface area contributed by atoms with Gasteiger partial charge in [0.25, 0.3) is 0 Å². The maximum absolute atomic E-state index is 6.04. The number of fused-ring (bicyclic) bond motifs is 2. The van der Waals surface area contributed by atoms with E-state index < -0.39 is 5.79 Å².